The van der Waals surface area contributed by atoms with E-state index in [0.717, 1.165) is 10.0 Å². The lowest BCUT2D eigenvalue weighted by Crippen LogP contribution is -2.15. The maximum Gasteiger partial charge on any atom is 0.233 e. The Balaban J connectivity index is 2.35. The fraction of sp³-hybridized carbons (Fsp3) is 0.0667. The van der Waals surface area contributed by atoms with Gasteiger partial charge in [-0.15, -0.1) is 0 Å². The molecule has 2 aromatic carbocycles. The van der Waals surface area contributed by atoms with E-state index in [9.17, 15) is 9.59 Å². The molecule has 0 spiro atoms. The summed E-state index contributed by atoms with van der Waals surface area (Å²) in [7, 11) is 0. The maximum atomic E-state index is 12.1. The van der Waals surface area contributed by atoms with E-state index >= 15 is 0 Å². The van der Waals surface area contributed by atoms with Gasteiger partial charge in [-0.25, -0.2) is 0 Å². The Morgan fingerprint density at radius 2 is 1.61 bits per heavy atom. The van der Waals surface area contributed by atoms with Gasteiger partial charge in [-0.2, -0.15) is 0 Å². The number of ketones is 2. The van der Waals surface area contributed by atoms with Crippen LogP contribution < -0.4 is 0 Å². The second-order valence-electron chi connectivity index (χ2n) is 3.98. The van der Waals surface area contributed by atoms with Crippen LogP contribution in [0.3, 0.4) is 0 Å². The highest BCUT2D eigenvalue weighted by Crippen LogP contribution is 2.17. The summed E-state index contributed by atoms with van der Waals surface area (Å²) < 4.78 is 0.892. The molecule has 0 radical (unpaired) electrons. The van der Waals surface area contributed by atoms with Crippen LogP contribution in [0, 0.1) is 6.92 Å². The van der Waals surface area contributed by atoms with Crippen LogP contribution in [0.4, 0.5) is 0 Å². The molecule has 0 heterocycles. The molecule has 0 saturated carbocycles. The van der Waals surface area contributed by atoms with Crippen LogP contribution in [0.15, 0.2) is 53.0 Å². The molecule has 0 aliphatic carbocycles. The molecule has 0 bridgehead atoms. The first kappa shape index (κ1) is 12.7. The van der Waals surface area contributed by atoms with Crippen molar-refractivity contribution in [3.05, 3.63) is 69.7 Å². The number of benzene rings is 2. The molecule has 0 amide bonds. The van der Waals surface area contributed by atoms with Crippen molar-refractivity contribution in [3.63, 3.8) is 0 Å². The highest BCUT2D eigenvalue weighted by molar-refractivity contribution is 9.10. The van der Waals surface area contributed by atoms with E-state index in [4.69, 9.17) is 0 Å². The van der Waals surface area contributed by atoms with E-state index in [1.54, 1.807) is 36.4 Å². The van der Waals surface area contributed by atoms with Gasteiger partial charge in [-0.3, -0.25) is 9.59 Å². The van der Waals surface area contributed by atoms with Crippen LogP contribution in [0.2, 0.25) is 0 Å². The number of rotatable bonds is 3. The molecule has 90 valence electrons. The minimum atomic E-state index is -0.471. The van der Waals surface area contributed by atoms with Gasteiger partial charge in [0.05, 0.1) is 0 Å². The molecule has 2 aromatic rings. The van der Waals surface area contributed by atoms with Crippen LogP contribution in [0.1, 0.15) is 26.3 Å². The molecular weight excluding hydrogens is 292 g/mol. The summed E-state index contributed by atoms with van der Waals surface area (Å²) in [5.74, 6) is -0.938. The molecule has 0 atom stereocenters. The Labute approximate surface area is 114 Å². The number of hydrogen-bond donors (Lipinski definition) is 0. The third kappa shape index (κ3) is 2.57. The fourth-order valence-corrected chi connectivity index (χ4v) is 2.20. The average molecular weight is 303 g/mol. The van der Waals surface area contributed by atoms with Gasteiger partial charge in [0, 0.05) is 15.6 Å². The van der Waals surface area contributed by atoms with Crippen LogP contribution in [0.5, 0.6) is 0 Å². The predicted molar refractivity (Wildman–Crippen MR) is 74.0 cm³/mol. The standard InChI is InChI=1S/C15H11BrO2/c1-10-9-12(16)7-8-13(10)15(18)14(17)11-5-3-2-4-6-11/h2-9H,1H3. The van der Waals surface area contributed by atoms with Crippen molar-refractivity contribution in [1.29, 1.82) is 0 Å². The van der Waals surface area contributed by atoms with Gasteiger partial charge in [0.15, 0.2) is 0 Å². The predicted octanol–water partition coefficient (Wildman–Crippen LogP) is 3.82. The van der Waals surface area contributed by atoms with E-state index in [1.165, 1.54) is 0 Å². The number of carbonyl (C=O) groups excluding carboxylic acids is 2. The maximum absolute atomic E-state index is 12.1. The van der Waals surface area contributed by atoms with Crippen LogP contribution in [-0.2, 0) is 0 Å². The first-order valence-electron chi connectivity index (χ1n) is 5.50. The molecule has 0 N–H and O–H groups in total. The van der Waals surface area contributed by atoms with E-state index in [2.05, 4.69) is 15.9 Å². The lowest BCUT2D eigenvalue weighted by Gasteiger charge is -2.04. The van der Waals surface area contributed by atoms with Crippen LogP contribution >= 0.6 is 15.9 Å². The Hall–Kier alpha value is -1.74. The summed E-state index contributed by atoms with van der Waals surface area (Å²) in [6.45, 7) is 1.82. The molecule has 18 heavy (non-hydrogen) atoms. The zero-order valence-corrected chi connectivity index (χ0v) is 11.4. The number of Topliss-reactive ketones (excluding diaryl/α,β-unsaturated/α-hetero) is 2. The molecule has 0 aliphatic heterocycles. The first-order valence-corrected chi connectivity index (χ1v) is 6.29. The molecular formula is C15H11BrO2. The van der Waals surface area contributed by atoms with Crippen LogP contribution in [0.25, 0.3) is 0 Å². The van der Waals surface area contributed by atoms with Gasteiger partial charge in [0.25, 0.3) is 0 Å². The molecule has 2 nitrogen and oxygen atoms in total. The summed E-state index contributed by atoms with van der Waals surface area (Å²) in [6.07, 6.45) is 0. The van der Waals surface area contributed by atoms with Gasteiger partial charge in [-0.05, 0) is 30.7 Å². The zero-order chi connectivity index (χ0) is 13.1. The molecule has 3 heteroatoms. The zero-order valence-electron chi connectivity index (χ0n) is 9.81. The highest BCUT2D eigenvalue weighted by atomic mass is 79.9. The SMILES string of the molecule is Cc1cc(Br)ccc1C(=O)C(=O)c1ccccc1. The summed E-state index contributed by atoms with van der Waals surface area (Å²) in [6, 6.07) is 13.9. The van der Waals surface area contributed by atoms with E-state index < -0.39 is 11.6 Å². The number of hydrogen-bond acceptors (Lipinski definition) is 2. The normalized spacial score (nSPS) is 10.1. The minimum absolute atomic E-state index is 0.421. The number of aryl methyl sites for hydroxylation is 1. The van der Waals surface area contributed by atoms with Crippen molar-refractivity contribution in [3.8, 4) is 0 Å². The Bertz CT molecular complexity index is 603. The Morgan fingerprint density at radius 1 is 0.944 bits per heavy atom. The second kappa shape index (κ2) is 5.27. The van der Waals surface area contributed by atoms with E-state index in [1.807, 2.05) is 19.1 Å². The minimum Gasteiger partial charge on any atom is -0.285 e. The monoisotopic (exact) mass is 302 g/mol. The topological polar surface area (TPSA) is 34.1 Å². The van der Waals surface area contributed by atoms with Crippen LogP contribution in [-0.4, -0.2) is 11.6 Å². The molecule has 0 unspecified atom stereocenters. The smallest absolute Gasteiger partial charge is 0.233 e. The van der Waals surface area contributed by atoms with E-state index in [0.29, 0.717) is 11.1 Å². The highest BCUT2D eigenvalue weighted by Gasteiger charge is 2.19. The Morgan fingerprint density at radius 3 is 2.22 bits per heavy atom. The number of halogens is 1. The first-order chi connectivity index (χ1) is 8.59. The molecule has 0 aliphatic rings. The second-order valence-corrected chi connectivity index (χ2v) is 4.90. The van der Waals surface area contributed by atoms with E-state index in [-0.39, 0.29) is 0 Å². The molecule has 0 aromatic heterocycles. The van der Waals surface area contributed by atoms with Crippen molar-refractivity contribution in [2.45, 2.75) is 6.92 Å². The van der Waals surface area contributed by atoms with Gasteiger partial charge in [0.2, 0.25) is 11.6 Å². The lowest BCUT2D eigenvalue weighted by atomic mass is 9.98. The molecule has 0 fully saturated rings. The molecule has 0 saturated heterocycles. The third-order valence-corrected chi connectivity index (χ3v) is 3.17. The summed E-state index contributed by atoms with van der Waals surface area (Å²) in [5, 5.41) is 0. The largest absolute Gasteiger partial charge is 0.285 e. The molecule has 2 rings (SSSR count). The van der Waals surface area contributed by atoms with Crippen molar-refractivity contribution in [2.75, 3.05) is 0 Å². The van der Waals surface area contributed by atoms with Gasteiger partial charge >= 0.3 is 0 Å². The lowest BCUT2D eigenvalue weighted by molar-refractivity contribution is 0.0816. The summed E-state index contributed by atoms with van der Waals surface area (Å²) in [4.78, 5) is 24.1. The van der Waals surface area contributed by atoms with Gasteiger partial charge < -0.3 is 0 Å². The van der Waals surface area contributed by atoms with Gasteiger partial charge in [0.1, 0.15) is 0 Å². The van der Waals surface area contributed by atoms with Crippen molar-refractivity contribution in [1.82, 2.24) is 0 Å². The fourth-order valence-electron chi connectivity index (χ4n) is 1.72. The van der Waals surface area contributed by atoms with Crippen molar-refractivity contribution in [2.24, 2.45) is 0 Å². The van der Waals surface area contributed by atoms with Crippen molar-refractivity contribution < 1.29 is 9.59 Å². The summed E-state index contributed by atoms with van der Waals surface area (Å²) >= 11 is 3.33. The number of carbonyl (C=O) groups is 2. The van der Waals surface area contributed by atoms with Gasteiger partial charge in [-0.1, -0.05) is 46.3 Å². The Kier molecular flexibility index (Phi) is 3.72. The van der Waals surface area contributed by atoms with Crippen molar-refractivity contribution >= 4 is 27.5 Å². The third-order valence-electron chi connectivity index (χ3n) is 2.68. The quantitative estimate of drug-likeness (QED) is 0.638. The summed E-state index contributed by atoms with van der Waals surface area (Å²) in [5.41, 5.74) is 1.66. The average Bonchev–Trinajstić information content (AvgIpc) is 2.38.